The molecule has 88 valence electrons. The Kier molecular flexibility index (Phi) is 3.91. The van der Waals surface area contributed by atoms with Crippen LogP contribution >= 0.6 is 0 Å². The lowest BCUT2D eigenvalue weighted by atomic mass is 10.0. The maximum atomic E-state index is 5.93. The third-order valence-electron chi connectivity index (χ3n) is 3.49. The monoisotopic (exact) mass is 219 g/mol. The van der Waals surface area contributed by atoms with Crippen LogP contribution in [0.15, 0.2) is 24.5 Å². The summed E-state index contributed by atoms with van der Waals surface area (Å²) in [6.45, 7) is 5.62. The van der Waals surface area contributed by atoms with Crippen LogP contribution in [0.5, 0.6) is 0 Å². The van der Waals surface area contributed by atoms with Crippen LogP contribution in [0.4, 0.5) is 0 Å². The van der Waals surface area contributed by atoms with Crippen LogP contribution in [0, 0.1) is 5.92 Å². The third-order valence-corrected chi connectivity index (χ3v) is 3.49. The second kappa shape index (κ2) is 5.41. The molecule has 2 atom stereocenters. The standard InChI is InChI=1S/C13H21N3/c1-11(14)13-5-8-16(10-13)7-4-12-3-2-6-15-9-12/h2-3,6,9,11,13H,4-5,7-8,10,14H2,1H3. The highest BCUT2D eigenvalue weighted by Gasteiger charge is 2.24. The molecule has 0 amide bonds. The molecule has 1 aromatic heterocycles. The van der Waals surface area contributed by atoms with Crippen molar-refractivity contribution in [1.29, 1.82) is 0 Å². The lowest BCUT2D eigenvalue weighted by Crippen LogP contribution is -2.30. The maximum absolute atomic E-state index is 5.93. The average Bonchev–Trinajstić information content (AvgIpc) is 2.76. The summed E-state index contributed by atoms with van der Waals surface area (Å²) >= 11 is 0. The Bertz CT molecular complexity index is 310. The van der Waals surface area contributed by atoms with Gasteiger partial charge in [-0.3, -0.25) is 4.98 Å². The number of nitrogens with two attached hydrogens (primary N) is 1. The predicted molar refractivity (Wildman–Crippen MR) is 66.1 cm³/mol. The van der Waals surface area contributed by atoms with E-state index in [1.807, 2.05) is 18.5 Å². The largest absolute Gasteiger partial charge is 0.328 e. The molecule has 0 bridgehead atoms. The fourth-order valence-electron chi connectivity index (χ4n) is 2.33. The molecule has 1 saturated heterocycles. The van der Waals surface area contributed by atoms with E-state index in [1.54, 1.807) is 0 Å². The Hall–Kier alpha value is -0.930. The van der Waals surface area contributed by atoms with Gasteiger partial charge in [-0.05, 0) is 43.9 Å². The predicted octanol–water partition coefficient (Wildman–Crippen LogP) is 1.29. The van der Waals surface area contributed by atoms with Gasteiger partial charge in [0.1, 0.15) is 0 Å². The molecule has 3 nitrogen and oxygen atoms in total. The molecule has 3 heteroatoms. The van der Waals surface area contributed by atoms with Gasteiger partial charge in [0.15, 0.2) is 0 Å². The van der Waals surface area contributed by atoms with E-state index in [4.69, 9.17) is 5.73 Å². The molecular formula is C13H21N3. The average molecular weight is 219 g/mol. The van der Waals surface area contributed by atoms with Gasteiger partial charge in [-0.1, -0.05) is 6.07 Å². The molecule has 16 heavy (non-hydrogen) atoms. The first kappa shape index (κ1) is 11.6. The minimum atomic E-state index is 0.336. The number of hydrogen-bond acceptors (Lipinski definition) is 3. The summed E-state index contributed by atoms with van der Waals surface area (Å²) in [4.78, 5) is 6.65. The van der Waals surface area contributed by atoms with Crippen LogP contribution in [0.1, 0.15) is 18.9 Å². The Morgan fingerprint density at radius 2 is 2.50 bits per heavy atom. The van der Waals surface area contributed by atoms with E-state index < -0.39 is 0 Å². The van der Waals surface area contributed by atoms with E-state index >= 15 is 0 Å². The van der Waals surface area contributed by atoms with Gasteiger partial charge in [-0.25, -0.2) is 0 Å². The van der Waals surface area contributed by atoms with Gasteiger partial charge in [0.2, 0.25) is 0 Å². The number of hydrogen-bond donors (Lipinski definition) is 1. The smallest absolute Gasteiger partial charge is 0.0300 e. The molecule has 2 N–H and O–H groups in total. The van der Waals surface area contributed by atoms with Crippen molar-refractivity contribution in [2.24, 2.45) is 11.7 Å². The summed E-state index contributed by atoms with van der Waals surface area (Å²) in [5.74, 6) is 0.689. The first-order valence-corrected chi connectivity index (χ1v) is 6.12. The quantitative estimate of drug-likeness (QED) is 0.830. The summed E-state index contributed by atoms with van der Waals surface area (Å²) in [6.07, 6.45) is 6.13. The second-order valence-electron chi connectivity index (χ2n) is 4.82. The van der Waals surface area contributed by atoms with Gasteiger partial charge < -0.3 is 10.6 Å². The van der Waals surface area contributed by atoms with Crippen molar-refractivity contribution in [2.75, 3.05) is 19.6 Å². The van der Waals surface area contributed by atoms with Crippen LogP contribution in [-0.4, -0.2) is 35.6 Å². The summed E-state index contributed by atoms with van der Waals surface area (Å²) < 4.78 is 0. The summed E-state index contributed by atoms with van der Waals surface area (Å²) in [7, 11) is 0. The Balaban J connectivity index is 1.76. The van der Waals surface area contributed by atoms with Crippen molar-refractivity contribution in [1.82, 2.24) is 9.88 Å². The minimum absolute atomic E-state index is 0.336. The first-order valence-electron chi connectivity index (χ1n) is 6.12. The molecule has 1 aliphatic rings. The van der Waals surface area contributed by atoms with Crippen molar-refractivity contribution in [3.8, 4) is 0 Å². The van der Waals surface area contributed by atoms with Gasteiger partial charge in [0.05, 0.1) is 0 Å². The Morgan fingerprint density at radius 3 is 3.12 bits per heavy atom. The van der Waals surface area contributed by atoms with E-state index in [9.17, 15) is 0 Å². The number of aromatic nitrogens is 1. The molecule has 1 aromatic rings. The normalized spacial score (nSPS) is 23.5. The molecule has 1 aliphatic heterocycles. The van der Waals surface area contributed by atoms with Crippen LogP contribution in [0.25, 0.3) is 0 Å². The molecule has 0 spiro atoms. The number of nitrogens with zero attached hydrogens (tertiary/aromatic N) is 2. The topological polar surface area (TPSA) is 42.1 Å². The van der Waals surface area contributed by atoms with E-state index in [1.165, 1.54) is 18.5 Å². The van der Waals surface area contributed by atoms with Gasteiger partial charge in [0.25, 0.3) is 0 Å². The minimum Gasteiger partial charge on any atom is -0.328 e. The Labute approximate surface area is 97.7 Å². The van der Waals surface area contributed by atoms with Crippen molar-refractivity contribution in [3.05, 3.63) is 30.1 Å². The highest BCUT2D eigenvalue weighted by molar-refractivity contribution is 5.08. The van der Waals surface area contributed by atoms with Crippen LogP contribution in [0.3, 0.4) is 0 Å². The zero-order valence-electron chi connectivity index (χ0n) is 9.97. The van der Waals surface area contributed by atoms with Crippen LogP contribution in [0.2, 0.25) is 0 Å². The number of likely N-dealkylation sites (tertiary alicyclic amines) is 1. The molecule has 0 aliphatic carbocycles. The van der Waals surface area contributed by atoms with Crippen molar-refractivity contribution in [3.63, 3.8) is 0 Å². The number of rotatable bonds is 4. The van der Waals surface area contributed by atoms with Crippen molar-refractivity contribution < 1.29 is 0 Å². The zero-order valence-corrected chi connectivity index (χ0v) is 9.97. The van der Waals surface area contributed by atoms with Crippen molar-refractivity contribution in [2.45, 2.75) is 25.8 Å². The highest BCUT2D eigenvalue weighted by atomic mass is 15.1. The molecule has 0 saturated carbocycles. The van der Waals surface area contributed by atoms with E-state index in [2.05, 4.69) is 22.9 Å². The SMILES string of the molecule is CC(N)C1CCN(CCc2cccnc2)C1. The van der Waals surface area contributed by atoms with Gasteiger partial charge in [0, 0.05) is 31.5 Å². The first-order chi connectivity index (χ1) is 7.75. The maximum Gasteiger partial charge on any atom is 0.0300 e. The Morgan fingerprint density at radius 1 is 1.62 bits per heavy atom. The molecule has 2 rings (SSSR count). The van der Waals surface area contributed by atoms with E-state index in [0.717, 1.165) is 19.5 Å². The fourth-order valence-corrected chi connectivity index (χ4v) is 2.33. The second-order valence-corrected chi connectivity index (χ2v) is 4.82. The van der Waals surface area contributed by atoms with Crippen LogP contribution in [-0.2, 0) is 6.42 Å². The third kappa shape index (κ3) is 3.03. The molecule has 1 fully saturated rings. The molecule has 0 aromatic carbocycles. The van der Waals surface area contributed by atoms with Gasteiger partial charge >= 0.3 is 0 Å². The lowest BCUT2D eigenvalue weighted by Gasteiger charge is -2.17. The number of pyridine rings is 1. The molecular weight excluding hydrogens is 198 g/mol. The lowest BCUT2D eigenvalue weighted by molar-refractivity contribution is 0.319. The van der Waals surface area contributed by atoms with Gasteiger partial charge in [-0.2, -0.15) is 0 Å². The van der Waals surface area contributed by atoms with Crippen LogP contribution < -0.4 is 5.73 Å². The van der Waals surface area contributed by atoms with Gasteiger partial charge in [-0.15, -0.1) is 0 Å². The van der Waals surface area contributed by atoms with Crippen molar-refractivity contribution >= 4 is 0 Å². The summed E-state index contributed by atoms with van der Waals surface area (Å²) in [5.41, 5.74) is 7.26. The van der Waals surface area contributed by atoms with E-state index in [-0.39, 0.29) is 0 Å². The summed E-state index contributed by atoms with van der Waals surface area (Å²) in [6, 6.07) is 4.49. The highest BCUT2D eigenvalue weighted by Crippen LogP contribution is 2.18. The molecule has 2 heterocycles. The molecule has 2 unspecified atom stereocenters. The molecule has 0 radical (unpaired) electrons. The fraction of sp³-hybridized carbons (Fsp3) is 0.615. The van der Waals surface area contributed by atoms with E-state index in [0.29, 0.717) is 12.0 Å². The zero-order chi connectivity index (χ0) is 11.4. The summed E-state index contributed by atoms with van der Waals surface area (Å²) in [5, 5.41) is 0.